The van der Waals surface area contributed by atoms with Crippen LogP contribution in [0.5, 0.6) is 0 Å². The molecule has 1 atom stereocenters. The van der Waals surface area contributed by atoms with Crippen molar-refractivity contribution in [3.05, 3.63) is 29.8 Å². The van der Waals surface area contributed by atoms with Crippen molar-refractivity contribution < 1.29 is 22.0 Å². The highest BCUT2D eigenvalue weighted by Gasteiger charge is 2.66. The summed E-state index contributed by atoms with van der Waals surface area (Å²) in [6.45, 7) is 2.40. The lowest BCUT2D eigenvalue weighted by molar-refractivity contribution is -0.153. The number of hydrogen-bond donors (Lipinski definition) is 0. The summed E-state index contributed by atoms with van der Waals surface area (Å²) < 4.78 is 53.2. The number of benzene rings is 1. The van der Waals surface area contributed by atoms with E-state index in [4.69, 9.17) is 0 Å². The van der Waals surface area contributed by atoms with Gasteiger partial charge in [0.15, 0.2) is 0 Å². The molecule has 1 unspecified atom stereocenters. The molecule has 2 rings (SSSR count). The molecule has 1 amide bonds. The maximum Gasteiger partial charge on any atom is 0.333 e. The fourth-order valence-electron chi connectivity index (χ4n) is 2.06. The molecule has 4 nitrogen and oxygen atoms in total. The normalized spacial score (nSPS) is 25.4. The molecule has 0 aromatic heterocycles. The standard InChI is InChI=1S/C13H14BrF2NO3S/c1-9-3-5-10(6-4-9)21(19,20)17-8-12(2,7-14)13(15,16)11(17)18/h3-6H,7-8H2,1-2H3. The van der Waals surface area contributed by atoms with E-state index in [0.717, 1.165) is 5.56 Å². The molecule has 8 heteroatoms. The summed E-state index contributed by atoms with van der Waals surface area (Å²) in [5.41, 5.74) is -0.931. The van der Waals surface area contributed by atoms with Gasteiger partial charge in [0.1, 0.15) is 0 Å². The van der Waals surface area contributed by atoms with Gasteiger partial charge in [0.2, 0.25) is 0 Å². The van der Waals surface area contributed by atoms with E-state index in [2.05, 4.69) is 15.9 Å². The molecular weight excluding hydrogens is 368 g/mol. The molecule has 0 N–H and O–H groups in total. The van der Waals surface area contributed by atoms with Crippen LogP contribution in [0.1, 0.15) is 12.5 Å². The fourth-order valence-corrected chi connectivity index (χ4v) is 4.11. The molecule has 0 spiro atoms. The molecule has 0 saturated carbocycles. The minimum Gasteiger partial charge on any atom is -0.267 e. The van der Waals surface area contributed by atoms with Crippen LogP contribution in [-0.4, -0.2) is 36.4 Å². The molecule has 1 aliphatic heterocycles. The number of aryl methyl sites for hydroxylation is 1. The van der Waals surface area contributed by atoms with Crippen molar-refractivity contribution in [2.75, 3.05) is 11.9 Å². The number of hydrogen-bond acceptors (Lipinski definition) is 3. The highest BCUT2D eigenvalue weighted by molar-refractivity contribution is 9.09. The van der Waals surface area contributed by atoms with E-state index in [-0.39, 0.29) is 14.5 Å². The predicted octanol–water partition coefficient (Wildman–Crippen LogP) is 2.56. The van der Waals surface area contributed by atoms with Gasteiger partial charge in [-0.25, -0.2) is 12.7 Å². The number of alkyl halides is 3. The second-order valence-corrected chi connectivity index (χ2v) is 7.82. The van der Waals surface area contributed by atoms with E-state index in [1.807, 2.05) is 0 Å². The maximum absolute atomic E-state index is 14.1. The molecule has 1 saturated heterocycles. The van der Waals surface area contributed by atoms with Gasteiger partial charge >= 0.3 is 11.8 Å². The monoisotopic (exact) mass is 381 g/mol. The van der Waals surface area contributed by atoms with E-state index >= 15 is 0 Å². The molecule has 116 valence electrons. The summed E-state index contributed by atoms with van der Waals surface area (Å²) in [5.74, 6) is -5.40. The van der Waals surface area contributed by atoms with Crippen LogP contribution >= 0.6 is 15.9 Å². The number of nitrogens with zero attached hydrogens (tertiary/aromatic N) is 1. The van der Waals surface area contributed by atoms with Crippen LogP contribution in [0, 0.1) is 12.3 Å². The van der Waals surface area contributed by atoms with Crippen molar-refractivity contribution in [3.8, 4) is 0 Å². The van der Waals surface area contributed by atoms with Crippen LogP contribution < -0.4 is 0 Å². The van der Waals surface area contributed by atoms with Gasteiger partial charge in [-0.2, -0.15) is 8.78 Å². The minimum atomic E-state index is -4.27. The van der Waals surface area contributed by atoms with E-state index in [1.165, 1.54) is 19.1 Å². The van der Waals surface area contributed by atoms with Gasteiger partial charge in [0.05, 0.1) is 10.3 Å². The number of amides is 1. The molecule has 0 radical (unpaired) electrons. The van der Waals surface area contributed by atoms with Crippen LogP contribution in [0.2, 0.25) is 0 Å². The predicted molar refractivity (Wildman–Crippen MR) is 76.9 cm³/mol. The molecule has 0 bridgehead atoms. The Morgan fingerprint density at radius 2 is 1.81 bits per heavy atom. The zero-order chi connectivity index (χ0) is 16.1. The molecule has 1 heterocycles. The lowest BCUT2D eigenvalue weighted by Gasteiger charge is -2.25. The summed E-state index contributed by atoms with van der Waals surface area (Å²) in [6.07, 6.45) is 0. The van der Waals surface area contributed by atoms with Gasteiger partial charge in [-0.15, -0.1) is 0 Å². The second kappa shape index (κ2) is 5.01. The summed E-state index contributed by atoms with van der Waals surface area (Å²) in [4.78, 5) is 11.7. The zero-order valence-corrected chi connectivity index (χ0v) is 13.8. The number of halogens is 3. The number of carbonyl (C=O) groups is 1. The van der Waals surface area contributed by atoms with E-state index < -0.39 is 33.8 Å². The lowest BCUT2D eigenvalue weighted by atomic mass is 9.89. The van der Waals surface area contributed by atoms with E-state index in [0.29, 0.717) is 0 Å². The summed E-state index contributed by atoms with van der Waals surface area (Å²) in [5, 5.41) is -0.182. The topological polar surface area (TPSA) is 54.5 Å². The zero-order valence-electron chi connectivity index (χ0n) is 11.4. The Labute approximate surface area is 130 Å². The smallest absolute Gasteiger partial charge is 0.267 e. The van der Waals surface area contributed by atoms with Crippen LogP contribution in [-0.2, 0) is 14.8 Å². The largest absolute Gasteiger partial charge is 0.333 e. The quantitative estimate of drug-likeness (QED) is 0.756. The minimum absolute atomic E-state index is 0.170. The third-order valence-corrected chi connectivity index (χ3v) is 6.63. The van der Waals surface area contributed by atoms with Crippen molar-refractivity contribution >= 4 is 31.9 Å². The third kappa shape index (κ3) is 2.38. The number of rotatable bonds is 3. The van der Waals surface area contributed by atoms with Gasteiger partial charge in [-0.05, 0) is 19.1 Å². The molecular formula is C13H14BrF2NO3S. The first kappa shape index (κ1) is 16.4. The number of sulfonamides is 1. The van der Waals surface area contributed by atoms with Gasteiger partial charge in [0, 0.05) is 11.9 Å². The van der Waals surface area contributed by atoms with E-state index in [9.17, 15) is 22.0 Å². The molecule has 1 aromatic rings. The molecule has 1 aliphatic rings. The van der Waals surface area contributed by atoms with Gasteiger partial charge in [-0.1, -0.05) is 40.5 Å². The van der Waals surface area contributed by atoms with Crippen LogP contribution in [0.15, 0.2) is 29.2 Å². The Morgan fingerprint density at radius 3 is 2.24 bits per heavy atom. The third-order valence-electron chi connectivity index (χ3n) is 3.65. The molecule has 1 fully saturated rings. The molecule has 1 aromatic carbocycles. The van der Waals surface area contributed by atoms with Crippen molar-refractivity contribution in [2.45, 2.75) is 24.7 Å². The first-order valence-corrected chi connectivity index (χ1v) is 8.70. The van der Waals surface area contributed by atoms with Crippen LogP contribution in [0.3, 0.4) is 0 Å². The Hall–Kier alpha value is -1.02. The highest BCUT2D eigenvalue weighted by atomic mass is 79.9. The highest BCUT2D eigenvalue weighted by Crippen LogP contribution is 2.47. The molecule has 21 heavy (non-hydrogen) atoms. The van der Waals surface area contributed by atoms with Crippen LogP contribution in [0.25, 0.3) is 0 Å². The lowest BCUT2D eigenvalue weighted by Crippen LogP contribution is -2.42. The van der Waals surface area contributed by atoms with Crippen molar-refractivity contribution in [2.24, 2.45) is 5.41 Å². The Bertz CT molecular complexity index is 675. The Morgan fingerprint density at radius 1 is 1.29 bits per heavy atom. The Kier molecular flexibility index (Phi) is 3.90. The molecule has 0 aliphatic carbocycles. The van der Waals surface area contributed by atoms with Crippen molar-refractivity contribution in [1.29, 1.82) is 0 Å². The van der Waals surface area contributed by atoms with Gasteiger partial charge in [0.25, 0.3) is 10.0 Å². The average Bonchev–Trinajstić information content (AvgIpc) is 2.61. The van der Waals surface area contributed by atoms with Crippen molar-refractivity contribution in [1.82, 2.24) is 4.31 Å². The SMILES string of the molecule is Cc1ccc(S(=O)(=O)N2CC(C)(CBr)C(F)(F)C2=O)cc1. The fraction of sp³-hybridized carbons (Fsp3) is 0.462. The summed E-state index contributed by atoms with van der Waals surface area (Å²) >= 11 is 2.94. The van der Waals surface area contributed by atoms with Crippen LogP contribution in [0.4, 0.5) is 8.78 Å². The summed E-state index contributed by atoms with van der Waals surface area (Å²) in [7, 11) is -4.27. The summed E-state index contributed by atoms with van der Waals surface area (Å²) in [6, 6.07) is 5.71. The average molecular weight is 382 g/mol. The second-order valence-electron chi connectivity index (χ2n) is 5.40. The van der Waals surface area contributed by atoms with Gasteiger partial charge < -0.3 is 0 Å². The first-order chi connectivity index (χ1) is 9.56. The van der Waals surface area contributed by atoms with Gasteiger partial charge in [-0.3, -0.25) is 4.79 Å². The van der Waals surface area contributed by atoms with E-state index in [1.54, 1.807) is 19.1 Å². The maximum atomic E-state index is 14.1. The Balaban J connectivity index is 2.47. The van der Waals surface area contributed by atoms with Crippen molar-refractivity contribution in [3.63, 3.8) is 0 Å². The number of carbonyl (C=O) groups excluding carboxylic acids is 1. The first-order valence-electron chi connectivity index (χ1n) is 6.14.